The summed E-state index contributed by atoms with van der Waals surface area (Å²) in [6.45, 7) is 2.03. The maximum Gasteiger partial charge on any atom is 0.0409 e. The topological polar surface area (TPSA) is 20.2 Å². The van der Waals surface area contributed by atoms with Gasteiger partial charge in [0.05, 0.1) is 0 Å². The van der Waals surface area contributed by atoms with Crippen molar-refractivity contribution in [3.63, 3.8) is 0 Å². The van der Waals surface area contributed by atoms with E-state index in [0.29, 0.717) is 0 Å². The first-order chi connectivity index (χ1) is 5.27. The zero-order chi connectivity index (χ0) is 8.27. The monoisotopic (exact) mass is 188 g/mol. The van der Waals surface area contributed by atoms with Crippen LogP contribution in [0.5, 0.6) is 0 Å². The van der Waals surface area contributed by atoms with Gasteiger partial charge in [-0.15, -0.1) is 0 Å². The van der Waals surface area contributed by atoms with Crippen molar-refractivity contribution in [1.29, 1.82) is 0 Å². The van der Waals surface area contributed by atoms with E-state index in [2.05, 4.69) is 0 Å². The van der Waals surface area contributed by atoms with E-state index in [4.69, 9.17) is 16.2 Å². The molecule has 0 fully saturated rings. The quantitative estimate of drug-likeness (QED) is 0.718. The molecule has 1 rings (SSSR count). The van der Waals surface area contributed by atoms with E-state index in [9.17, 15) is 0 Å². The molecule has 1 N–H and O–H groups in total. The molecule has 0 aliphatic carbocycles. The third-order valence-electron chi connectivity index (χ3n) is 1.50. The molecule has 3 heteroatoms. The van der Waals surface area contributed by atoms with E-state index in [1.807, 2.05) is 19.1 Å². The zero-order valence-corrected chi connectivity index (χ0v) is 7.75. The smallest absolute Gasteiger partial charge is 0.0409 e. The van der Waals surface area contributed by atoms with Gasteiger partial charge in [0.15, 0.2) is 0 Å². The normalized spacial score (nSPS) is 10.1. The average Bonchev–Trinajstić information content (AvgIpc) is 2.04. The highest BCUT2D eigenvalue weighted by Crippen LogP contribution is 2.23. The van der Waals surface area contributed by atoms with Crippen LogP contribution in [0, 0.1) is 0 Å². The lowest BCUT2D eigenvalue weighted by Gasteiger charge is -2.02. The second-order valence-corrected chi connectivity index (χ2v) is 3.26. The Morgan fingerprint density at radius 3 is 2.82 bits per heavy atom. The zero-order valence-electron chi connectivity index (χ0n) is 6.17. The Morgan fingerprint density at radius 2 is 2.27 bits per heavy atom. The van der Waals surface area contributed by atoms with Crippen LogP contribution in [-0.4, -0.2) is 4.55 Å². The van der Waals surface area contributed by atoms with Gasteiger partial charge in [0.1, 0.15) is 0 Å². The van der Waals surface area contributed by atoms with E-state index < -0.39 is 0 Å². The summed E-state index contributed by atoms with van der Waals surface area (Å²) in [7, 11) is 0. The van der Waals surface area contributed by atoms with Crippen molar-refractivity contribution < 1.29 is 4.55 Å². The molecular weight excluding hydrogens is 180 g/mol. The molecule has 0 spiro atoms. The molecule has 11 heavy (non-hydrogen) atoms. The van der Waals surface area contributed by atoms with E-state index >= 15 is 0 Å². The third-order valence-corrected chi connectivity index (χ3v) is 2.33. The Balaban J connectivity index is 3.06. The first kappa shape index (κ1) is 8.91. The van der Waals surface area contributed by atoms with Gasteiger partial charge in [-0.3, -0.25) is 0 Å². The Kier molecular flexibility index (Phi) is 3.24. The van der Waals surface area contributed by atoms with Crippen LogP contribution in [0.3, 0.4) is 0 Å². The molecule has 0 amide bonds. The molecule has 0 unspecified atom stereocenters. The van der Waals surface area contributed by atoms with Crippen LogP contribution in [0.25, 0.3) is 0 Å². The fourth-order valence-electron chi connectivity index (χ4n) is 0.913. The van der Waals surface area contributed by atoms with Crippen LogP contribution in [0.2, 0.25) is 5.02 Å². The van der Waals surface area contributed by atoms with Crippen LogP contribution < -0.4 is 0 Å². The lowest BCUT2D eigenvalue weighted by atomic mass is 10.2. The second-order valence-electron chi connectivity index (χ2n) is 2.20. The Labute approximate surface area is 75.6 Å². The van der Waals surface area contributed by atoms with Gasteiger partial charge in [0, 0.05) is 22.0 Å². The van der Waals surface area contributed by atoms with E-state index in [-0.39, 0.29) is 0 Å². The van der Waals surface area contributed by atoms with Crippen LogP contribution in [-0.2, 0) is 6.42 Å². The molecule has 0 saturated heterocycles. The molecule has 0 bridgehead atoms. The van der Waals surface area contributed by atoms with Crippen molar-refractivity contribution in [3.05, 3.63) is 28.8 Å². The lowest BCUT2D eigenvalue weighted by Crippen LogP contribution is -1.83. The summed E-state index contributed by atoms with van der Waals surface area (Å²) in [6, 6.07) is 5.48. The summed E-state index contributed by atoms with van der Waals surface area (Å²) in [4.78, 5) is 0.886. The predicted molar refractivity (Wildman–Crippen MR) is 49.3 cm³/mol. The average molecular weight is 189 g/mol. The summed E-state index contributed by atoms with van der Waals surface area (Å²) in [5.41, 5.74) is 1.09. The highest BCUT2D eigenvalue weighted by atomic mass is 35.5. The minimum Gasteiger partial charge on any atom is -0.325 e. The Morgan fingerprint density at radius 1 is 1.55 bits per heavy atom. The molecule has 0 aromatic heterocycles. The van der Waals surface area contributed by atoms with Crippen molar-refractivity contribution in [2.24, 2.45) is 0 Å². The Bertz CT molecular complexity index is 250. The summed E-state index contributed by atoms with van der Waals surface area (Å²) in [5.74, 6) is 0. The van der Waals surface area contributed by atoms with Gasteiger partial charge in [-0.1, -0.05) is 18.5 Å². The van der Waals surface area contributed by atoms with Gasteiger partial charge >= 0.3 is 0 Å². The number of rotatable bonds is 2. The van der Waals surface area contributed by atoms with Gasteiger partial charge in [-0.2, -0.15) is 0 Å². The number of halogens is 1. The lowest BCUT2D eigenvalue weighted by molar-refractivity contribution is 0.662. The van der Waals surface area contributed by atoms with Crippen molar-refractivity contribution in [3.8, 4) is 0 Å². The van der Waals surface area contributed by atoms with Gasteiger partial charge in [0.25, 0.3) is 0 Å². The number of hydrogen-bond acceptors (Lipinski definition) is 2. The molecule has 60 valence electrons. The van der Waals surface area contributed by atoms with Crippen LogP contribution in [0.1, 0.15) is 12.5 Å². The number of aryl methyl sites for hydroxylation is 1. The van der Waals surface area contributed by atoms with Crippen LogP contribution >= 0.6 is 23.6 Å². The summed E-state index contributed by atoms with van der Waals surface area (Å²) in [5, 5.41) is 0.722. The highest BCUT2D eigenvalue weighted by molar-refractivity contribution is 7.93. The number of hydrogen-bond donors (Lipinski definition) is 1. The molecule has 1 aromatic carbocycles. The standard InChI is InChI=1S/C8H9ClOS/c1-2-6-5-7(9)3-4-8(6)11-10/h3-5,10H,2H2,1H3. The van der Waals surface area contributed by atoms with Gasteiger partial charge in [-0.05, 0) is 30.2 Å². The minimum atomic E-state index is 0.722. The van der Waals surface area contributed by atoms with Gasteiger partial charge in [-0.25, -0.2) is 0 Å². The van der Waals surface area contributed by atoms with Gasteiger partial charge < -0.3 is 4.55 Å². The van der Waals surface area contributed by atoms with Crippen molar-refractivity contribution in [2.45, 2.75) is 18.2 Å². The van der Waals surface area contributed by atoms with E-state index in [1.54, 1.807) is 6.07 Å². The SMILES string of the molecule is CCc1cc(Cl)ccc1SO. The largest absolute Gasteiger partial charge is 0.325 e. The molecule has 0 atom stereocenters. The van der Waals surface area contributed by atoms with E-state index in [0.717, 1.165) is 33.9 Å². The fourth-order valence-corrected chi connectivity index (χ4v) is 1.56. The highest BCUT2D eigenvalue weighted by Gasteiger charge is 2.00. The first-order valence-electron chi connectivity index (χ1n) is 3.37. The van der Waals surface area contributed by atoms with Crippen LogP contribution in [0.15, 0.2) is 23.1 Å². The fraction of sp³-hybridized carbons (Fsp3) is 0.250. The molecule has 1 aromatic rings. The summed E-state index contributed by atoms with van der Waals surface area (Å²) < 4.78 is 8.81. The molecule has 1 nitrogen and oxygen atoms in total. The summed E-state index contributed by atoms with van der Waals surface area (Å²) >= 11 is 6.53. The molecule has 0 aliphatic rings. The molecule has 0 saturated carbocycles. The number of benzene rings is 1. The Hall–Kier alpha value is -0.180. The molecular formula is C8H9ClOS. The minimum absolute atomic E-state index is 0.722. The van der Waals surface area contributed by atoms with Crippen LogP contribution in [0.4, 0.5) is 0 Å². The molecule has 0 heterocycles. The van der Waals surface area contributed by atoms with Crippen molar-refractivity contribution in [1.82, 2.24) is 0 Å². The molecule has 0 aliphatic heterocycles. The maximum absolute atomic E-state index is 8.81. The van der Waals surface area contributed by atoms with E-state index in [1.165, 1.54) is 0 Å². The van der Waals surface area contributed by atoms with Crippen molar-refractivity contribution in [2.75, 3.05) is 0 Å². The third kappa shape index (κ3) is 2.12. The first-order valence-corrected chi connectivity index (χ1v) is 4.53. The molecule has 0 radical (unpaired) electrons. The second kappa shape index (κ2) is 4.00. The maximum atomic E-state index is 8.81. The van der Waals surface area contributed by atoms with Gasteiger partial charge in [0.2, 0.25) is 0 Å². The summed E-state index contributed by atoms with van der Waals surface area (Å²) in [6.07, 6.45) is 0.892. The predicted octanol–water partition coefficient (Wildman–Crippen LogP) is 3.47. The van der Waals surface area contributed by atoms with Crippen molar-refractivity contribution >= 4 is 23.6 Å².